The van der Waals surface area contributed by atoms with E-state index < -0.39 is 15.5 Å². The largest absolute Gasteiger partial charge is 0.316 e. The number of rotatable bonds is 8. The van der Waals surface area contributed by atoms with Crippen LogP contribution in [0, 0.1) is 5.41 Å². The third kappa shape index (κ3) is 8.58. The Bertz CT molecular complexity index is 346. The summed E-state index contributed by atoms with van der Waals surface area (Å²) in [5.74, 6) is -0.359. The SMILES string of the molecule is C=CC(=O)CCNCC(C)(C)CS(=O)(=O)O. The summed E-state index contributed by atoms with van der Waals surface area (Å²) in [4.78, 5) is 10.9. The van der Waals surface area contributed by atoms with E-state index in [9.17, 15) is 13.2 Å². The first kappa shape index (κ1) is 15.3. The molecule has 0 amide bonds. The van der Waals surface area contributed by atoms with Gasteiger partial charge in [-0.1, -0.05) is 20.4 Å². The Morgan fingerprint density at radius 1 is 1.50 bits per heavy atom. The van der Waals surface area contributed by atoms with Crippen molar-refractivity contribution in [2.45, 2.75) is 20.3 Å². The van der Waals surface area contributed by atoms with Crippen LogP contribution in [0.5, 0.6) is 0 Å². The van der Waals surface area contributed by atoms with Crippen molar-refractivity contribution < 1.29 is 17.8 Å². The highest BCUT2D eigenvalue weighted by atomic mass is 32.2. The van der Waals surface area contributed by atoms with Crippen LogP contribution in [0.25, 0.3) is 0 Å². The van der Waals surface area contributed by atoms with E-state index in [1.807, 2.05) is 0 Å². The Labute approximate surface area is 96.7 Å². The van der Waals surface area contributed by atoms with Crippen molar-refractivity contribution in [1.29, 1.82) is 0 Å². The highest BCUT2D eigenvalue weighted by Crippen LogP contribution is 2.15. The molecule has 0 aliphatic carbocycles. The smallest absolute Gasteiger partial charge is 0.265 e. The van der Waals surface area contributed by atoms with E-state index in [1.54, 1.807) is 13.8 Å². The maximum atomic E-state index is 10.9. The predicted octanol–water partition coefficient (Wildman–Crippen LogP) is 0.635. The molecule has 0 rings (SSSR count). The van der Waals surface area contributed by atoms with Crippen molar-refractivity contribution in [3.63, 3.8) is 0 Å². The minimum absolute atomic E-state index is 0.0555. The van der Waals surface area contributed by atoms with Gasteiger partial charge in [0.1, 0.15) is 0 Å². The lowest BCUT2D eigenvalue weighted by Gasteiger charge is -2.23. The van der Waals surface area contributed by atoms with Gasteiger partial charge < -0.3 is 5.32 Å². The van der Waals surface area contributed by atoms with Crippen LogP contribution in [0.15, 0.2) is 12.7 Å². The number of carbonyl (C=O) groups excluding carboxylic acids is 1. The number of nitrogens with one attached hydrogen (secondary N) is 1. The van der Waals surface area contributed by atoms with Crippen LogP contribution in [-0.4, -0.2) is 37.6 Å². The van der Waals surface area contributed by atoms with Crippen molar-refractivity contribution in [2.75, 3.05) is 18.8 Å². The first-order valence-electron chi connectivity index (χ1n) is 4.97. The summed E-state index contributed by atoms with van der Waals surface area (Å²) in [5, 5.41) is 2.97. The molecule has 0 aliphatic rings. The average Bonchev–Trinajstić information content (AvgIpc) is 2.08. The zero-order valence-electron chi connectivity index (χ0n) is 9.69. The summed E-state index contributed by atoms with van der Waals surface area (Å²) < 4.78 is 30.1. The Kier molecular flexibility index (Phi) is 5.85. The van der Waals surface area contributed by atoms with Gasteiger partial charge >= 0.3 is 0 Å². The molecule has 0 aromatic heterocycles. The second-order valence-corrected chi connectivity index (χ2v) is 5.94. The standard InChI is InChI=1S/C10H19NO4S/c1-4-9(12)5-6-11-7-10(2,3)8-16(13,14)15/h4,11H,1,5-8H2,2-3H3,(H,13,14,15). The van der Waals surface area contributed by atoms with E-state index in [0.717, 1.165) is 0 Å². The summed E-state index contributed by atoms with van der Waals surface area (Å²) in [6, 6.07) is 0. The van der Waals surface area contributed by atoms with Crippen molar-refractivity contribution >= 4 is 15.9 Å². The molecule has 0 bridgehead atoms. The Morgan fingerprint density at radius 2 is 2.06 bits per heavy atom. The van der Waals surface area contributed by atoms with Gasteiger partial charge in [-0.05, 0) is 11.5 Å². The van der Waals surface area contributed by atoms with E-state index >= 15 is 0 Å². The lowest BCUT2D eigenvalue weighted by molar-refractivity contribution is -0.114. The van der Waals surface area contributed by atoms with Gasteiger partial charge in [-0.15, -0.1) is 0 Å². The Hall–Kier alpha value is -0.720. The van der Waals surface area contributed by atoms with Gasteiger partial charge in [0.2, 0.25) is 0 Å². The summed E-state index contributed by atoms with van der Waals surface area (Å²) in [7, 11) is -3.96. The fraction of sp³-hybridized carbons (Fsp3) is 0.700. The van der Waals surface area contributed by atoms with Crippen molar-refractivity contribution in [1.82, 2.24) is 5.32 Å². The molecule has 5 nitrogen and oxygen atoms in total. The van der Waals surface area contributed by atoms with Crippen LogP contribution < -0.4 is 5.32 Å². The molecule has 0 unspecified atom stereocenters. The summed E-state index contributed by atoms with van der Waals surface area (Å²) >= 11 is 0. The van der Waals surface area contributed by atoms with Crippen LogP contribution in [-0.2, 0) is 14.9 Å². The van der Waals surface area contributed by atoms with E-state index in [4.69, 9.17) is 4.55 Å². The molecule has 0 aromatic carbocycles. The van der Waals surface area contributed by atoms with Crippen molar-refractivity contribution in [3.8, 4) is 0 Å². The molecule has 0 aliphatic heterocycles. The molecule has 0 spiro atoms. The van der Waals surface area contributed by atoms with Gasteiger partial charge in [0, 0.05) is 19.5 Å². The number of carbonyl (C=O) groups is 1. The first-order chi connectivity index (χ1) is 7.16. The third-order valence-electron chi connectivity index (χ3n) is 1.95. The number of ketones is 1. The molecule has 0 atom stereocenters. The molecule has 16 heavy (non-hydrogen) atoms. The predicted molar refractivity (Wildman–Crippen MR) is 62.9 cm³/mol. The van der Waals surface area contributed by atoms with Gasteiger partial charge in [0.25, 0.3) is 10.1 Å². The molecule has 0 fully saturated rings. The van der Waals surface area contributed by atoms with Gasteiger partial charge in [-0.2, -0.15) is 8.42 Å². The fourth-order valence-corrected chi connectivity index (χ4v) is 2.37. The van der Waals surface area contributed by atoms with Crippen LogP contribution >= 0.6 is 0 Å². The second kappa shape index (κ2) is 6.12. The monoisotopic (exact) mass is 249 g/mol. The van der Waals surface area contributed by atoms with Gasteiger partial charge in [-0.3, -0.25) is 9.35 Å². The van der Waals surface area contributed by atoms with Gasteiger partial charge in [-0.25, -0.2) is 0 Å². The molecule has 2 N–H and O–H groups in total. The molecular formula is C10H19NO4S. The van der Waals surface area contributed by atoms with E-state index in [-0.39, 0.29) is 11.5 Å². The van der Waals surface area contributed by atoms with Gasteiger partial charge in [0.05, 0.1) is 5.75 Å². The van der Waals surface area contributed by atoms with E-state index in [1.165, 1.54) is 6.08 Å². The second-order valence-electron chi connectivity index (χ2n) is 4.49. The highest BCUT2D eigenvalue weighted by Gasteiger charge is 2.24. The molecule has 0 heterocycles. The molecular weight excluding hydrogens is 230 g/mol. The number of allylic oxidation sites excluding steroid dienone is 1. The Balaban J connectivity index is 3.92. The number of hydrogen-bond donors (Lipinski definition) is 2. The molecule has 0 saturated carbocycles. The normalized spacial score (nSPS) is 12.4. The Morgan fingerprint density at radius 3 is 2.50 bits per heavy atom. The van der Waals surface area contributed by atoms with Crippen LogP contribution in [0.4, 0.5) is 0 Å². The third-order valence-corrected chi connectivity index (χ3v) is 3.10. The van der Waals surface area contributed by atoms with E-state index in [0.29, 0.717) is 19.5 Å². The molecule has 94 valence electrons. The molecule has 6 heteroatoms. The molecule has 0 radical (unpaired) electrons. The molecule has 0 saturated heterocycles. The maximum Gasteiger partial charge on any atom is 0.265 e. The average molecular weight is 249 g/mol. The van der Waals surface area contributed by atoms with Gasteiger partial charge in [0.15, 0.2) is 5.78 Å². The summed E-state index contributed by atoms with van der Waals surface area (Å²) in [6.07, 6.45) is 1.59. The van der Waals surface area contributed by atoms with Crippen molar-refractivity contribution in [3.05, 3.63) is 12.7 Å². The summed E-state index contributed by atoms with van der Waals surface area (Å²) in [5.41, 5.74) is -0.565. The fourth-order valence-electron chi connectivity index (χ4n) is 1.29. The summed E-state index contributed by atoms with van der Waals surface area (Å²) in [6.45, 7) is 7.68. The highest BCUT2D eigenvalue weighted by molar-refractivity contribution is 7.85. The first-order valence-corrected chi connectivity index (χ1v) is 6.58. The lowest BCUT2D eigenvalue weighted by Crippen LogP contribution is -2.35. The van der Waals surface area contributed by atoms with Crippen LogP contribution in [0.3, 0.4) is 0 Å². The zero-order valence-corrected chi connectivity index (χ0v) is 10.5. The van der Waals surface area contributed by atoms with Crippen molar-refractivity contribution in [2.24, 2.45) is 5.41 Å². The zero-order chi connectivity index (χ0) is 12.8. The van der Waals surface area contributed by atoms with Crippen LogP contribution in [0.2, 0.25) is 0 Å². The topological polar surface area (TPSA) is 83.5 Å². The minimum atomic E-state index is -3.96. The van der Waals surface area contributed by atoms with E-state index in [2.05, 4.69) is 11.9 Å². The number of hydrogen-bond acceptors (Lipinski definition) is 4. The lowest BCUT2D eigenvalue weighted by atomic mass is 9.96. The van der Waals surface area contributed by atoms with Crippen LogP contribution in [0.1, 0.15) is 20.3 Å². The minimum Gasteiger partial charge on any atom is -0.316 e. The quantitative estimate of drug-likeness (QED) is 0.374. The maximum absolute atomic E-state index is 10.9. The molecule has 0 aromatic rings.